The third-order valence-corrected chi connectivity index (χ3v) is 7.24. The number of sulfone groups is 1. The van der Waals surface area contributed by atoms with Gasteiger partial charge in [0.25, 0.3) is 5.91 Å². The Bertz CT molecular complexity index is 1510. The second kappa shape index (κ2) is 8.68. The van der Waals surface area contributed by atoms with Crippen molar-refractivity contribution in [3.63, 3.8) is 0 Å². The molecule has 4 aromatic rings. The highest BCUT2D eigenvalue weighted by molar-refractivity contribution is 7.93. The third kappa shape index (κ3) is 5.04. The fourth-order valence-corrected chi connectivity index (χ4v) is 5.33. The molecular formula is C22H20N4O5S2. The molecule has 2 heterocycles. The van der Waals surface area contributed by atoms with Crippen molar-refractivity contribution < 1.29 is 21.6 Å². The molecule has 2 aromatic heterocycles. The Balaban J connectivity index is 1.49. The van der Waals surface area contributed by atoms with E-state index in [1.165, 1.54) is 30.3 Å². The molecule has 3 N–H and O–H groups in total. The summed E-state index contributed by atoms with van der Waals surface area (Å²) in [5, 5.41) is 3.61. The number of aromatic nitrogens is 2. The molecule has 0 aliphatic carbocycles. The number of pyridine rings is 1. The van der Waals surface area contributed by atoms with Crippen molar-refractivity contribution in [3.8, 4) is 0 Å². The van der Waals surface area contributed by atoms with Gasteiger partial charge in [-0.2, -0.15) is 0 Å². The minimum atomic E-state index is -3.97. The molecule has 1 amide bonds. The first-order valence-electron chi connectivity index (χ1n) is 9.75. The molecule has 0 aliphatic rings. The Kier molecular flexibility index (Phi) is 5.91. The summed E-state index contributed by atoms with van der Waals surface area (Å²) in [6, 6.07) is 15.3. The van der Waals surface area contributed by atoms with Crippen LogP contribution in [0.3, 0.4) is 0 Å². The molecule has 0 atom stereocenters. The summed E-state index contributed by atoms with van der Waals surface area (Å²) in [7, 11) is -7.63. The zero-order valence-electron chi connectivity index (χ0n) is 17.4. The van der Waals surface area contributed by atoms with Crippen LogP contribution in [0.4, 0.5) is 5.69 Å². The van der Waals surface area contributed by atoms with Crippen molar-refractivity contribution in [2.45, 2.75) is 16.3 Å². The van der Waals surface area contributed by atoms with Crippen molar-refractivity contribution >= 4 is 42.4 Å². The number of H-pyrrole nitrogens is 1. The fourth-order valence-electron chi connectivity index (χ4n) is 3.27. The number of sulfonamides is 1. The largest absolute Gasteiger partial charge is 0.350 e. The Morgan fingerprint density at radius 1 is 1.00 bits per heavy atom. The van der Waals surface area contributed by atoms with E-state index in [-0.39, 0.29) is 27.9 Å². The zero-order chi connectivity index (χ0) is 23.6. The highest BCUT2D eigenvalue weighted by Crippen LogP contribution is 2.28. The van der Waals surface area contributed by atoms with Crippen LogP contribution in [-0.4, -0.2) is 39.0 Å². The number of carbonyl (C=O) groups is 1. The van der Waals surface area contributed by atoms with E-state index in [0.717, 1.165) is 17.2 Å². The molecule has 4 rings (SSSR count). The number of anilines is 1. The Morgan fingerprint density at radius 2 is 1.73 bits per heavy atom. The number of nitrogens with zero attached hydrogens (tertiary/aromatic N) is 1. The van der Waals surface area contributed by atoms with Crippen LogP contribution in [0.15, 0.2) is 82.8 Å². The maximum atomic E-state index is 13.1. The highest BCUT2D eigenvalue weighted by Gasteiger charge is 2.22. The number of hydrogen-bond donors (Lipinski definition) is 3. The standard InChI is InChI=1S/C22H20N4O5S2/c1-32(28,29)26-19-4-2-3-5-21(19)33(30,31)17-8-6-15(7-9-17)13-24-22(27)20-12-16-14-23-11-10-18(16)25-20/h2-12,14,25-26H,13H2,1H3,(H,24,27). The first-order valence-corrected chi connectivity index (χ1v) is 13.1. The lowest BCUT2D eigenvalue weighted by Gasteiger charge is -2.12. The van der Waals surface area contributed by atoms with Crippen LogP contribution in [0, 0.1) is 0 Å². The van der Waals surface area contributed by atoms with E-state index in [2.05, 4.69) is 20.0 Å². The monoisotopic (exact) mass is 484 g/mol. The van der Waals surface area contributed by atoms with Gasteiger partial charge in [-0.05, 0) is 42.0 Å². The molecule has 0 spiro atoms. The summed E-state index contributed by atoms with van der Waals surface area (Å²) in [5.74, 6) is -0.302. The number of aromatic amines is 1. The fraction of sp³-hybridized carbons (Fsp3) is 0.0909. The summed E-state index contributed by atoms with van der Waals surface area (Å²) >= 11 is 0. The lowest BCUT2D eigenvalue weighted by molar-refractivity contribution is 0.0946. The molecule has 0 aliphatic heterocycles. The number of carbonyl (C=O) groups excluding carboxylic acids is 1. The van der Waals surface area contributed by atoms with Crippen LogP contribution in [0.2, 0.25) is 0 Å². The Morgan fingerprint density at radius 3 is 2.42 bits per heavy atom. The van der Waals surface area contributed by atoms with E-state index >= 15 is 0 Å². The normalized spacial score (nSPS) is 11.9. The minimum absolute atomic E-state index is 0.00319. The summed E-state index contributed by atoms with van der Waals surface area (Å²) in [6.07, 6.45) is 4.24. The lowest BCUT2D eigenvalue weighted by Crippen LogP contribution is -2.23. The molecule has 11 heteroatoms. The summed E-state index contributed by atoms with van der Waals surface area (Å²) in [6.45, 7) is 0.193. The molecule has 170 valence electrons. The SMILES string of the molecule is CS(=O)(=O)Nc1ccccc1S(=O)(=O)c1ccc(CNC(=O)c2cc3cnccc3[nH]2)cc1. The van der Waals surface area contributed by atoms with E-state index < -0.39 is 19.9 Å². The van der Waals surface area contributed by atoms with Crippen molar-refractivity contribution in [3.05, 3.63) is 84.3 Å². The van der Waals surface area contributed by atoms with Gasteiger partial charge in [-0.15, -0.1) is 0 Å². The molecule has 0 fully saturated rings. The molecule has 0 bridgehead atoms. The number of benzene rings is 2. The van der Waals surface area contributed by atoms with Crippen molar-refractivity contribution in [2.24, 2.45) is 0 Å². The molecular weight excluding hydrogens is 464 g/mol. The maximum Gasteiger partial charge on any atom is 0.267 e. The van der Waals surface area contributed by atoms with E-state index in [1.54, 1.807) is 42.7 Å². The second-order valence-electron chi connectivity index (χ2n) is 7.35. The van der Waals surface area contributed by atoms with Gasteiger partial charge in [-0.25, -0.2) is 16.8 Å². The number of hydrogen-bond acceptors (Lipinski definition) is 6. The molecule has 9 nitrogen and oxygen atoms in total. The first-order chi connectivity index (χ1) is 15.6. The van der Waals surface area contributed by atoms with Crippen molar-refractivity contribution in [1.29, 1.82) is 0 Å². The zero-order valence-corrected chi connectivity index (χ0v) is 19.1. The van der Waals surface area contributed by atoms with Crippen molar-refractivity contribution in [1.82, 2.24) is 15.3 Å². The molecule has 33 heavy (non-hydrogen) atoms. The van der Waals surface area contributed by atoms with Crippen LogP contribution in [0.1, 0.15) is 16.1 Å². The Labute approximate surface area is 190 Å². The van der Waals surface area contributed by atoms with Crippen molar-refractivity contribution in [2.75, 3.05) is 11.0 Å². The maximum absolute atomic E-state index is 13.1. The van der Waals surface area contributed by atoms with E-state index in [1.807, 2.05) is 0 Å². The lowest BCUT2D eigenvalue weighted by atomic mass is 10.2. The predicted octanol–water partition coefficient (Wildman–Crippen LogP) is 2.70. The molecule has 0 saturated carbocycles. The average Bonchev–Trinajstić information content (AvgIpc) is 3.21. The van der Waals surface area contributed by atoms with Gasteiger partial charge in [-0.3, -0.25) is 14.5 Å². The van der Waals surface area contributed by atoms with Crippen LogP contribution in [0.5, 0.6) is 0 Å². The molecule has 2 aromatic carbocycles. The summed E-state index contributed by atoms with van der Waals surface area (Å²) in [4.78, 5) is 19.3. The average molecular weight is 485 g/mol. The second-order valence-corrected chi connectivity index (χ2v) is 11.0. The van der Waals surface area contributed by atoms with Gasteiger partial charge in [0.1, 0.15) is 5.69 Å². The minimum Gasteiger partial charge on any atom is -0.350 e. The van der Waals surface area contributed by atoms with Gasteiger partial charge in [0.2, 0.25) is 19.9 Å². The smallest absolute Gasteiger partial charge is 0.267 e. The van der Waals surface area contributed by atoms with E-state index in [9.17, 15) is 21.6 Å². The van der Waals surface area contributed by atoms with Crippen LogP contribution < -0.4 is 10.0 Å². The highest BCUT2D eigenvalue weighted by atomic mass is 32.2. The number of para-hydroxylation sites is 1. The van der Waals surface area contributed by atoms with Gasteiger partial charge in [0.05, 0.1) is 21.7 Å². The topological polar surface area (TPSA) is 138 Å². The van der Waals surface area contributed by atoms with E-state index in [4.69, 9.17) is 0 Å². The van der Waals surface area contributed by atoms with Gasteiger partial charge < -0.3 is 10.3 Å². The number of rotatable bonds is 7. The molecule has 0 unspecified atom stereocenters. The van der Waals surface area contributed by atoms with Crippen LogP contribution in [-0.2, 0) is 26.4 Å². The third-order valence-electron chi connectivity index (χ3n) is 4.82. The summed E-state index contributed by atoms with van der Waals surface area (Å²) in [5.41, 5.74) is 1.87. The van der Waals surface area contributed by atoms with Gasteiger partial charge >= 0.3 is 0 Å². The molecule has 0 radical (unpaired) electrons. The predicted molar refractivity (Wildman–Crippen MR) is 124 cm³/mol. The van der Waals surface area contributed by atoms with Gasteiger partial charge in [0.15, 0.2) is 0 Å². The first kappa shape index (κ1) is 22.5. The summed E-state index contributed by atoms with van der Waals surface area (Å²) < 4.78 is 51.6. The quantitative estimate of drug-likeness (QED) is 0.369. The van der Waals surface area contributed by atoms with Gasteiger partial charge in [0, 0.05) is 29.8 Å². The number of nitrogens with one attached hydrogen (secondary N) is 3. The van der Waals surface area contributed by atoms with E-state index in [0.29, 0.717) is 11.3 Å². The number of amides is 1. The van der Waals surface area contributed by atoms with Crippen LogP contribution in [0.25, 0.3) is 10.9 Å². The molecule has 0 saturated heterocycles. The van der Waals surface area contributed by atoms with Gasteiger partial charge in [-0.1, -0.05) is 24.3 Å². The number of fused-ring (bicyclic) bond motifs is 1. The van der Waals surface area contributed by atoms with Crippen LogP contribution >= 0.6 is 0 Å². The Hall–Kier alpha value is -3.70.